The van der Waals surface area contributed by atoms with Crippen LogP contribution in [0.2, 0.25) is 5.02 Å². The summed E-state index contributed by atoms with van der Waals surface area (Å²) in [5, 5.41) is 6.51. The predicted molar refractivity (Wildman–Crippen MR) is 129 cm³/mol. The Kier molecular flexibility index (Phi) is 6.96. The number of anilines is 2. The molecule has 1 amide bonds. The van der Waals surface area contributed by atoms with Crippen molar-refractivity contribution in [2.75, 3.05) is 5.32 Å². The summed E-state index contributed by atoms with van der Waals surface area (Å²) in [4.78, 5) is 26.3. The molecule has 1 heterocycles. The summed E-state index contributed by atoms with van der Waals surface area (Å²) in [5.41, 5.74) is 5.44. The van der Waals surface area contributed by atoms with Gasteiger partial charge in [-0.2, -0.15) is 0 Å². The van der Waals surface area contributed by atoms with Crippen molar-refractivity contribution in [3.8, 4) is 11.1 Å². The average Bonchev–Trinajstić information content (AvgIpc) is 2.80. The first-order valence-electron chi connectivity index (χ1n) is 11.0. The van der Waals surface area contributed by atoms with Gasteiger partial charge < -0.3 is 5.32 Å². The Hall–Kier alpha value is -3.05. The quantitative estimate of drug-likeness (QED) is 0.399. The van der Waals surface area contributed by atoms with Crippen molar-refractivity contribution >= 4 is 29.0 Å². The zero-order valence-electron chi connectivity index (χ0n) is 18.1. The number of nitrogens with zero attached hydrogens (tertiary/aromatic N) is 2. The highest BCUT2D eigenvalue weighted by Gasteiger charge is 2.24. The van der Waals surface area contributed by atoms with Crippen LogP contribution in [0.5, 0.6) is 0 Å². The molecule has 1 N–H and O–H groups in total. The zero-order valence-corrected chi connectivity index (χ0v) is 18.8. The first-order chi connectivity index (χ1) is 15.5. The lowest BCUT2D eigenvalue weighted by atomic mass is 9.77. The second kappa shape index (κ2) is 10.0. The smallest absolute Gasteiger partial charge is 0.286 e. The monoisotopic (exact) mass is 447 g/mol. The van der Waals surface area contributed by atoms with E-state index in [0.717, 1.165) is 54.0 Å². The molecule has 1 aromatic heterocycles. The number of aryl methyl sites for hydroxylation is 1. The molecule has 1 saturated carbocycles. The van der Waals surface area contributed by atoms with Crippen LogP contribution in [0.3, 0.4) is 0 Å². The number of carbonyl (C=O) groups is 1. The number of hydrogen-bond acceptors (Lipinski definition) is 4. The summed E-state index contributed by atoms with van der Waals surface area (Å²) in [5.74, 6) is 1.06. The Morgan fingerprint density at radius 1 is 1.06 bits per heavy atom. The molecule has 5 nitrogen and oxygen atoms in total. The number of nitroso groups, excluding NO2 is 1. The van der Waals surface area contributed by atoms with E-state index in [4.69, 9.17) is 16.6 Å². The Morgan fingerprint density at radius 3 is 2.47 bits per heavy atom. The number of hydrogen-bond donors (Lipinski definition) is 1. The van der Waals surface area contributed by atoms with Gasteiger partial charge in [0.05, 0.1) is 0 Å². The van der Waals surface area contributed by atoms with E-state index in [9.17, 15) is 9.70 Å². The van der Waals surface area contributed by atoms with Gasteiger partial charge in [-0.1, -0.05) is 41.9 Å². The fourth-order valence-electron chi connectivity index (χ4n) is 4.57. The Bertz CT molecular complexity index is 1110. The van der Waals surface area contributed by atoms with Gasteiger partial charge in [0.15, 0.2) is 0 Å². The molecule has 3 aromatic rings. The summed E-state index contributed by atoms with van der Waals surface area (Å²) in [7, 11) is 0. The summed E-state index contributed by atoms with van der Waals surface area (Å²) < 4.78 is 0. The Balaban J connectivity index is 1.41. The van der Waals surface area contributed by atoms with Crippen molar-refractivity contribution in [3.05, 3.63) is 81.9 Å². The van der Waals surface area contributed by atoms with Gasteiger partial charge in [-0.3, -0.25) is 4.79 Å². The van der Waals surface area contributed by atoms with Crippen LogP contribution in [0, 0.1) is 17.7 Å². The standard InChI is InChI=1S/C26H26ClN3O2/c1-17-24(13-14-25(28-17)29-23-4-2-3-22(27)16-23)21-11-9-20(10-12-21)19-7-5-18(6-8-19)15-26(31)30-32/h2-4,9-14,16,18-19H,5-8,15H2,1H3,(H,28,29). The molecule has 0 spiro atoms. The van der Waals surface area contributed by atoms with Gasteiger partial charge in [-0.15, -0.1) is 4.91 Å². The van der Waals surface area contributed by atoms with E-state index in [-0.39, 0.29) is 0 Å². The molecule has 0 atom stereocenters. The van der Waals surface area contributed by atoms with Gasteiger partial charge in [-0.25, -0.2) is 4.98 Å². The molecule has 0 bridgehead atoms. The summed E-state index contributed by atoms with van der Waals surface area (Å²) in [6, 6.07) is 20.4. The summed E-state index contributed by atoms with van der Waals surface area (Å²) in [6.07, 6.45) is 4.32. The van der Waals surface area contributed by atoms with Crippen LogP contribution in [0.25, 0.3) is 11.1 Å². The van der Waals surface area contributed by atoms with Crippen LogP contribution in [0.4, 0.5) is 11.5 Å². The van der Waals surface area contributed by atoms with Crippen LogP contribution in [-0.2, 0) is 4.79 Å². The van der Waals surface area contributed by atoms with Gasteiger partial charge in [0.25, 0.3) is 5.91 Å². The number of carbonyl (C=O) groups excluding carboxylic acids is 1. The maximum Gasteiger partial charge on any atom is 0.286 e. The second-order valence-electron chi connectivity index (χ2n) is 8.49. The highest BCUT2D eigenvalue weighted by atomic mass is 35.5. The molecule has 0 radical (unpaired) electrons. The van der Waals surface area contributed by atoms with E-state index in [0.29, 0.717) is 23.3 Å². The molecule has 0 aliphatic heterocycles. The minimum Gasteiger partial charge on any atom is -0.340 e. The van der Waals surface area contributed by atoms with E-state index >= 15 is 0 Å². The van der Waals surface area contributed by atoms with Crippen molar-refractivity contribution in [2.24, 2.45) is 11.1 Å². The number of aromatic nitrogens is 1. The minimum absolute atomic E-state index is 0.295. The molecule has 2 aromatic carbocycles. The van der Waals surface area contributed by atoms with Gasteiger partial charge in [0, 0.05) is 33.6 Å². The van der Waals surface area contributed by atoms with Crippen LogP contribution < -0.4 is 5.32 Å². The number of rotatable bonds is 6. The molecule has 4 rings (SSSR count). The van der Waals surface area contributed by atoms with E-state index in [1.807, 2.05) is 37.3 Å². The molecule has 1 fully saturated rings. The average molecular weight is 448 g/mol. The largest absolute Gasteiger partial charge is 0.340 e. The molecular formula is C26H26ClN3O2. The Morgan fingerprint density at radius 2 is 1.81 bits per heavy atom. The van der Waals surface area contributed by atoms with Crippen molar-refractivity contribution in [2.45, 2.75) is 44.9 Å². The van der Waals surface area contributed by atoms with Crippen molar-refractivity contribution in [1.29, 1.82) is 0 Å². The normalized spacial score (nSPS) is 18.2. The first-order valence-corrected chi connectivity index (χ1v) is 11.4. The van der Waals surface area contributed by atoms with E-state index in [1.54, 1.807) is 0 Å². The highest BCUT2D eigenvalue weighted by molar-refractivity contribution is 6.30. The summed E-state index contributed by atoms with van der Waals surface area (Å²) in [6.45, 7) is 2.02. The first kappa shape index (κ1) is 22.2. The number of benzene rings is 2. The second-order valence-corrected chi connectivity index (χ2v) is 8.93. The topological polar surface area (TPSA) is 71.4 Å². The van der Waals surface area contributed by atoms with Gasteiger partial charge in [0.2, 0.25) is 0 Å². The lowest BCUT2D eigenvalue weighted by molar-refractivity contribution is -0.119. The highest BCUT2D eigenvalue weighted by Crippen LogP contribution is 2.38. The Labute approximate surface area is 193 Å². The molecular weight excluding hydrogens is 422 g/mol. The van der Waals surface area contributed by atoms with Crippen LogP contribution >= 0.6 is 11.6 Å². The van der Waals surface area contributed by atoms with Crippen molar-refractivity contribution < 1.29 is 4.79 Å². The SMILES string of the molecule is Cc1nc(Nc2cccc(Cl)c2)ccc1-c1ccc(C2CCC(CC(=O)N=O)CC2)cc1. The lowest BCUT2D eigenvalue weighted by Gasteiger charge is -2.28. The van der Waals surface area contributed by atoms with E-state index in [2.05, 4.69) is 40.8 Å². The van der Waals surface area contributed by atoms with Gasteiger partial charge in [-0.05, 0) is 85.9 Å². The molecule has 0 unspecified atom stereocenters. The molecule has 32 heavy (non-hydrogen) atoms. The number of nitrogens with one attached hydrogen (secondary N) is 1. The van der Waals surface area contributed by atoms with Crippen LogP contribution in [0.1, 0.15) is 49.3 Å². The van der Waals surface area contributed by atoms with Crippen LogP contribution in [0.15, 0.2) is 65.8 Å². The minimum atomic E-state index is -0.518. The number of pyridine rings is 1. The number of amides is 1. The predicted octanol–water partition coefficient (Wildman–Crippen LogP) is 7.41. The van der Waals surface area contributed by atoms with Crippen molar-refractivity contribution in [3.63, 3.8) is 0 Å². The molecule has 6 heteroatoms. The molecule has 0 saturated heterocycles. The maximum absolute atomic E-state index is 11.3. The molecule has 164 valence electrons. The van der Waals surface area contributed by atoms with E-state index < -0.39 is 5.91 Å². The third kappa shape index (κ3) is 5.40. The molecule has 1 aliphatic rings. The number of halogens is 1. The van der Waals surface area contributed by atoms with E-state index in [1.165, 1.54) is 5.56 Å². The molecule has 1 aliphatic carbocycles. The van der Waals surface area contributed by atoms with Crippen LogP contribution in [-0.4, -0.2) is 10.9 Å². The fourth-order valence-corrected chi connectivity index (χ4v) is 4.76. The maximum atomic E-state index is 11.3. The van der Waals surface area contributed by atoms with Crippen molar-refractivity contribution in [1.82, 2.24) is 4.98 Å². The van der Waals surface area contributed by atoms with Gasteiger partial charge in [0.1, 0.15) is 5.82 Å². The summed E-state index contributed by atoms with van der Waals surface area (Å²) >= 11 is 6.06. The third-order valence-corrected chi connectivity index (χ3v) is 6.52. The fraction of sp³-hybridized carbons (Fsp3) is 0.308. The third-order valence-electron chi connectivity index (χ3n) is 6.29. The lowest BCUT2D eigenvalue weighted by Crippen LogP contribution is -2.15. The van der Waals surface area contributed by atoms with Gasteiger partial charge >= 0.3 is 0 Å². The zero-order chi connectivity index (χ0) is 22.5.